The lowest BCUT2D eigenvalue weighted by atomic mass is 10.2. The average Bonchev–Trinajstić information content (AvgIpc) is 2.38. The van der Waals surface area contributed by atoms with Crippen molar-refractivity contribution in [2.75, 3.05) is 11.9 Å². The summed E-state index contributed by atoms with van der Waals surface area (Å²) < 4.78 is 0. The predicted octanol–water partition coefficient (Wildman–Crippen LogP) is -0.257. The van der Waals surface area contributed by atoms with Gasteiger partial charge in [0.1, 0.15) is 0 Å². The Hall–Kier alpha value is -2.61. The zero-order valence-electron chi connectivity index (χ0n) is 10.5. The van der Waals surface area contributed by atoms with Gasteiger partial charge in [0.2, 0.25) is 5.91 Å². The van der Waals surface area contributed by atoms with Gasteiger partial charge in [-0.3, -0.25) is 4.79 Å². The van der Waals surface area contributed by atoms with Gasteiger partial charge in [0.15, 0.2) is 6.10 Å². The van der Waals surface area contributed by atoms with Gasteiger partial charge >= 0.3 is 12.0 Å². The van der Waals surface area contributed by atoms with Crippen LogP contribution in [0.4, 0.5) is 10.5 Å². The molecule has 1 aromatic carbocycles. The molecule has 0 saturated carbocycles. The van der Waals surface area contributed by atoms with Gasteiger partial charge in [-0.15, -0.1) is 0 Å². The molecule has 0 aliphatic carbocycles. The maximum Gasteiger partial charge on any atom is 0.332 e. The van der Waals surface area contributed by atoms with Crippen LogP contribution >= 0.6 is 0 Å². The predicted molar refractivity (Wildman–Crippen MR) is 70.2 cm³/mol. The van der Waals surface area contributed by atoms with Crippen LogP contribution in [0.2, 0.25) is 0 Å². The number of amides is 3. The molecule has 0 radical (unpaired) electrons. The minimum Gasteiger partial charge on any atom is -0.479 e. The highest BCUT2D eigenvalue weighted by Gasteiger charge is 2.12. The molecule has 108 valence electrons. The number of aliphatic hydroxyl groups is 1. The largest absolute Gasteiger partial charge is 0.479 e. The second-order valence-corrected chi connectivity index (χ2v) is 3.97. The summed E-state index contributed by atoms with van der Waals surface area (Å²) in [5.74, 6) is -1.96. The van der Waals surface area contributed by atoms with E-state index in [9.17, 15) is 14.4 Å². The third-order valence-electron chi connectivity index (χ3n) is 2.39. The Balaban J connectivity index is 2.44. The van der Waals surface area contributed by atoms with Gasteiger partial charge in [0.25, 0.3) is 0 Å². The summed E-state index contributed by atoms with van der Waals surface area (Å²) in [5.41, 5.74) is 5.73. The topological polar surface area (TPSA) is 142 Å². The van der Waals surface area contributed by atoms with E-state index in [2.05, 4.69) is 10.6 Å². The van der Waals surface area contributed by atoms with Crippen LogP contribution in [0.15, 0.2) is 24.3 Å². The van der Waals surface area contributed by atoms with Crippen molar-refractivity contribution in [2.24, 2.45) is 5.73 Å². The van der Waals surface area contributed by atoms with Crippen molar-refractivity contribution in [3.8, 4) is 0 Å². The first kappa shape index (κ1) is 15.4. The van der Waals surface area contributed by atoms with E-state index in [1.807, 2.05) is 0 Å². The van der Waals surface area contributed by atoms with Crippen LogP contribution in [-0.2, 0) is 4.79 Å². The standard InChI is InChI=1S/C12H15N3O5/c13-10(17)7-2-1-3-8(6-7)15-12(20)14-5-4-9(16)11(18)19/h1-3,6,9,16H,4-5H2,(H2,13,17)(H,18,19)(H2,14,15,20)/t9-/m0/s1. The Labute approximate surface area is 114 Å². The molecule has 20 heavy (non-hydrogen) atoms. The molecule has 3 amide bonds. The SMILES string of the molecule is NC(=O)c1cccc(NC(=O)NCC[C@H](O)C(=O)O)c1. The minimum absolute atomic E-state index is 0.00515. The minimum atomic E-state index is -1.52. The molecular weight excluding hydrogens is 266 g/mol. The Morgan fingerprint density at radius 1 is 1.30 bits per heavy atom. The van der Waals surface area contributed by atoms with Crippen molar-refractivity contribution < 1.29 is 24.6 Å². The van der Waals surface area contributed by atoms with E-state index in [-0.39, 0.29) is 18.5 Å². The van der Waals surface area contributed by atoms with Crippen LogP contribution in [0.1, 0.15) is 16.8 Å². The van der Waals surface area contributed by atoms with Crippen molar-refractivity contribution in [1.29, 1.82) is 0 Å². The first-order valence-corrected chi connectivity index (χ1v) is 5.75. The summed E-state index contributed by atoms with van der Waals surface area (Å²) in [6.45, 7) is -0.00515. The number of aliphatic carboxylic acids is 1. The number of anilines is 1. The molecule has 1 rings (SSSR count). The zero-order valence-corrected chi connectivity index (χ0v) is 10.5. The molecule has 1 atom stereocenters. The maximum absolute atomic E-state index is 11.5. The molecule has 8 heteroatoms. The lowest BCUT2D eigenvalue weighted by Gasteiger charge is -2.09. The number of urea groups is 1. The number of carboxylic acid groups (broad SMARTS) is 1. The second-order valence-electron chi connectivity index (χ2n) is 3.97. The monoisotopic (exact) mass is 281 g/mol. The van der Waals surface area contributed by atoms with Crippen LogP contribution in [0.3, 0.4) is 0 Å². The molecule has 0 bridgehead atoms. The molecule has 0 fully saturated rings. The number of hydrogen-bond donors (Lipinski definition) is 5. The quantitative estimate of drug-likeness (QED) is 0.488. The van der Waals surface area contributed by atoms with Gasteiger partial charge in [0, 0.05) is 24.2 Å². The fraction of sp³-hybridized carbons (Fsp3) is 0.250. The molecule has 0 aromatic heterocycles. The first-order chi connectivity index (χ1) is 9.40. The molecule has 0 saturated heterocycles. The number of hydrogen-bond acceptors (Lipinski definition) is 4. The summed E-state index contributed by atoms with van der Waals surface area (Å²) in [6.07, 6.45) is -1.63. The van der Waals surface area contributed by atoms with Gasteiger partial charge in [-0.05, 0) is 18.2 Å². The molecule has 0 spiro atoms. The Morgan fingerprint density at radius 3 is 2.60 bits per heavy atom. The summed E-state index contributed by atoms with van der Waals surface area (Å²) in [6, 6.07) is 5.47. The number of benzene rings is 1. The smallest absolute Gasteiger partial charge is 0.332 e. The molecule has 0 aliphatic heterocycles. The summed E-state index contributed by atoms with van der Waals surface area (Å²) in [5, 5.41) is 22.3. The first-order valence-electron chi connectivity index (χ1n) is 5.75. The molecule has 6 N–H and O–H groups in total. The van der Waals surface area contributed by atoms with Crippen LogP contribution in [0.25, 0.3) is 0 Å². The normalized spacial score (nSPS) is 11.4. The van der Waals surface area contributed by atoms with E-state index in [1.54, 1.807) is 12.1 Å². The molecule has 0 heterocycles. The Kier molecular flexibility index (Phi) is 5.48. The Bertz CT molecular complexity index is 518. The Morgan fingerprint density at radius 2 is 2.00 bits per heavy atom. The van der Waals surface area contributed by atoms with Crippen LogP contribution in [0, 0.1) is 0 Å². The number of nitrogens with one attached hydrogen (secondary N) is 2. The number of carboxylic acids is 1. The fourth-order valence-corrected chi connectivity index (χ4v) is 1.37. The molecule has 8 nitrogen and oxygen atoms in total. The average molecular weight is 281 g/mol. The van der Waals surface area contributed by atoms with Crippen LogP contribution in [-0.4, -0.2) is 40.8 Å². The highest BCUT2D eigenvalue weighted by Crippen LogP contribution is 2.09. The highest BCUT2D eigenvalue weighted by molar-refractivity contribution is 5.95. The van der Waals surface area contributed by atoms with E-state index in [0.717, 1.165) is 0 Å². The van der Waals surface area contributed by atoms with Crippen LogP contribution < -0.4 is 16.4 Å². The lowest BCUT2D eigenvalue weighted by molar-refractivity contribution is -0.146. The number of carbonyl (C=O) groups excluding carboxylic acids is 2. The summed E-state index contributed by atoms with van der Waals surface area (Å²) >= 11 is 0. The zero-order chi connectivity index (χ0) is 15.1. The number of primary amides is 1. The lowest BCUT2D eigenvalue weighted by Crippen LogP contribution is -2.33. The third-order valence-corrected chi connectivity index (χ3v) is 2.39. The van der Waals surface area contributed by atoms with Gasteiger partial charge in [0.05, 0.1) is 0 Å². The van der Waals surface area contributed by atoms with Crippen LogP contribution in [0.5, 0.6) is 0 Å². The summed E-state index contributed by atoms with van der Waals surface area (Å²) in [7, 11) is 0. The number of carbonyl (C=O) groups is 3. The second kappa shape index (κ2) is 7.10. The summed E-state index contributed by atoms with van der Waals surface area (Å²) in [4.78, 5) is 32.8. The molecule has 0 aliphatic rings. The van der Waals surface area contributed by atoms with Crippen molar-refractivity contribution in [3.63, 3.8) is 0 Å². The van der Waals surface area contributed by atoms with E-state index >= 15 is 0 Å². The number of rotatable bonds is 6. The molecule has 1 aromatic rings. The van der Waals surface area contributed by atoms with E-state index in [0.29, 0.717) is 5.69 Å². The molecule has 0 unspecified atom stereocenters. The van der Waals surface area contributed by atoms with Crippen molar-refractivity contribution >= 4 is 23.6 Å². The van der Waals surface area contributed by atoms with Crippen molar-refractivity contribution in [2.45, 2.75) is 12.5 Å². The van der Waals surface area contributed by atoms with Crippen molar-refractivity contribution in [3.05, 3.63) is 29.8 Å². The number of nitrogens with two attached hydrogens (primary N) is 1. The molecular formula is C12H15N3O5. The van der Waals surface area contributed by atoms with Gasteiger partial charge < -0.3 is 26.6 Å². The third kappa shape index (κ3) is 4.94. The number of aliphatic hydroxyl groups excluding tert-OH is 1. The fourth-order valence-electron chi connectivity index (χ4n) is 1.37. The van der Waals surface area contributed by atoms with Crippen molar-refractivity contribution in [1.82, 2.24) is 5.32 Å². The highest BCUT2D eigenvalue weighted by atomic mass is 16.4. The van der Waals surface area contributed by atoms with Gasteiger partial charge in [-0.2, -0.15) is 0 Å². The maximum atomic E-state index is 11.5. The van der Waals surface area contributed by atoms with Gasteiger partial charge in [-0.1, -0.05) is 6.07 Å². The van der Waals surface area contributed by atoms with E-state index in [4.69, 9.17) is 15.9 Å². The van der Waals surface area contributed by atoms with Gasteiger partial charge in [-0.25, -0.2) is 9.59 Å². The van der Waals surface area contributed by atoms with E-state index < -0.39 is 24.0 Å². The van der Waals surface area contributed by atoms with E-state index in [1.165, 1.54) is 12.1 Å².